The van der Waals surface area contributed by atoms with E-state index in [1.165, 1.54) is 11.3 Å². The van der Waals surface area contributed by atoms with Crippen molar-refractivity contribution in [3.05, 3.63) is 59.7 Å². The SMILES string of the molecule is O=C1O[C@@H](CC(=O)N(C[C@@H]2CCCO2)c2nc3ccccc3s2)c2ccccc21. The number of benzene rings is 2. The normalized spacial score (nSPS) is 20.6. The van der Waals surface area contributed by atoms with Crippen molar-refractivity contribution in [1.82, 2.24) is 4.98 Å². The number of carbonyl (C=O) groups is 2. The molecule has 1 saturated heterocycles. The molecule has 0 spiro atoms. The zero-order chi connectivity index (χ0) is 19.8. The molecule has 2 aliphatic heterocycles. The van der Waals surface area contributed by atoms with Crippen LogP contribution in [0, 0.1) is 0 Å². The maximum Gasteiger partial charge on any atom is 0.339 e. The monoisotopic (exact) mass is 408 g/mol. The van der Waals surface area contributed by atoms with Gasteiger partial charge in [-0.2, -0.15) is 0 Å². The molecule has 1 amide bonds. The van der Waals surface area contributed by atoms with E-state index in [9.17, 15) is 9.59 Å². The molecule has 0 radical (unpaired) electrons. The largest absolute Gasteiger partial charge is 0.453 e. The summed E-state index contributed by atoms with van der Waals surface area (Å²) in [5, 5.41) is 0.657. The number of carbonyl (C=O) groups excluding carboxylic acids is 2. The van der Waals surface area contributed by atoms with Crippen LogP contribution in [0.5, 0.6) is 0 Å². The highest BCUT2D eigenvalue weighted by Crippen LogP contribution is 2.35. The molecule has 0 N–H and O–H groups in total. The van der Waals surface area contributed by atoms with Gasteiger partial charge in [0, 0.05) is 12.2 Å². The molecule has 2 aliphatic rings. The number of amides is 1. The Labute approximate surface area is 172 Å². The number of cyclic esters (lactones) is 1. The first-order chi connectivity index (χ1) is 14.2. The topological polar surface area (TPSA) is 68.7 Å². The van der Waals surface area contributed by atoms with E-state index in [0.29, 0.717) is 17.2 Å². The van der Waals surface area contributed by atoms with Crippen molar-refractivity contribution in [2.75, 3.05) is 18.1 Å². The Morgan fingerprint density at radius 1 is 1.17 bits per heavy atom. The molecule has 3 heterocycles. The fraction of sp³-hybridized carbons (Fsp3) is 0.318. The van der Waals surface area contributed by atoms with Crippen molar-refractivity contribution in [2.24, 2.45) is 0 Å². The zero-order valence-corrected chi connectivity index (χ0v) is 16.6. The van der Waals surface area contributed by atoms with Gasteiger partial charge in [-0.25, -0.2) is 9.78 Å². The lowest BCUT2D eigenvalue weighted by molar-refractivity contribution is -0.120. The number of anilines is 1. The van der Waals surface area contributed by atoms with Crippen molar-refractivity contribution in [3.8, 4) is 0 Å². The van der Waals surface area contributed by atoms with E-state index in [2.05, 4.69) is 4.98 Å². The second-order valence-electron chi connectivity index (χ2n) is 7.29. The summed E-state index contributed by atoms with van der Waals surface area (Å²) in [6.45, 7) is 1.18. The first-order valence-corrected chi connectivity index (χ1v) is 10.6. The molecule has 5 rings (SSSR count). The lowest BCUT2D eigenvalue weighted by Crippen LogP contribution is -2.38. The summed E-state index contributed by atoms with van der Waals surface area (Å²) in [6.07, 6.45) is 1.46. The quantitative estimate of drug-likeness (QED) is 0.594. The van der Waals surface area contributed by atoms with Gasteiger partial charge in [-0.15, -0.1) is 0 Å². The Balaban J connectivity index is 1.42. The van der Waals surface area contributed by atoms with Crippen LogP contribution in [0.3, 0.4) is 0 Å². The molecular weight excluding hydrogens is 388 g/mol. The summed E-state index contributed by atoms with van der Waals surface area (Å²) in [7, 11) is 0. The van der Waals surface area contributed by atoms with E-state index >= 15 is 0 Å². The van der Waals surface area contributed by atoms with E-state index in [0.717, 1.165) is 35.2 Å². The number of ether oxygens (including phenoxy) is 2. The minimum atomic E-state index is -0.562. The Bertz CT molecular complexity index is 1040. The fourth-order valence-electron chi connectivity index (χ4n) is 3.89. The van der Waals surface area contributed by atoms with E-state index in [-0.39, 0.29) is 24.4 Å². The Hall–Kier alpha value is -2.77. The second-order valence-corrected chi connectivity index (χ2v) is 8.30. The summed E-state index contributed by atoms with van der Waals surface area (Å²) < 4.78 is 12.3. The van der Waals surface area contributed by atoms with Crippen LogP contribution in [0.1, 0.15) is 41.3 Å². The lowest BCUT2D eigenvalue weighted by atomic mass is 10.0. The summed E-state index contributed by atoms with van der Waals surface area (Å²) in [6, 6.07) is 15.1. The molecular formula is C22H20N2O4S. The minimum Gasteiger partial charge on any atom is -0.453 e. The molecule has 1 aromatic heterocycles. The van der Waals surface area contributed by atoms with Crippen molar-refractivity contribution >= 4 is 38.6 Å². The molecule has 29 heavy (non-hydrogen) atoms. The first-order valence-electron chi connectivity index (χ1n) is 9.76. The highest BCUT2D eigenvalue weighted by atomic mass is 32.1. The molecule has 3 aromatic rings. The Kier molecular flexibility index (Phi) is 4.77. The van der Waals surface area contributed by atoms with E-state index in [4.69, 9.17) is 9.47 Å². The third-order valence-corrected chi connectivity index (χ3v) is 6.42. The van der Waals surface area contributed by atoms with Crippen molar-refractivity contribution < 1.29 is 19.1 Å². The maximum absolute atomic E-state index is 13.3. The third-order valence-electron chi connectivity index (χ3n) is 5.36. The van der Waals surface area contributed by atoms with Crippen LogP contribution in [0.2, 0.25) is 0 Å². The number of hydrogen-bond donors (Lipinski definition) is 0. The van der Waals surface area contributed by atoms with Crippen LogP contribution in [0.25, 0.3) is 10.2 Å². The lowest BCUT2D eigenvalue weighted by Gasteiger charge is -2.24. The average Bonchev–Trinajstić information content (AvgIpc) is 3.46. The molecule has 148 valence electrons. The molecule has 0 unspecified atom stereocenters. The predicted octanol–water partition coefficient (Wildman–Crippen LogP) is 4.11. The van der Waals surface area contributed by atoms with Crippen LogP contribution in [-0.4, -0.2) is 36.1 Å². The van der Waals surface area contributed by atoms with Crippen LogP contribution < -0.4 is 4.90 Å². The second kappa shape index (κ2) is 7.57. The van der Waals surface area contributed by atoms with Crippen molar-refractivity contribution in [3.63, 3.8) is 0 Å². The van der Waals surface area contributed by atoms with Gasteiger partial charge in [-0.1, -0.05) is 41.7 Å². The van der Waals surface area contributed by atoms with Crippen molar-refractivity contribution in [1.29, 1.82) is 0 Å². The minimum absolute atomic E-state index is 0.00405. The summed E-state index contributed by atoms with van der Waals surface area (Å²) in [5.41, 5.74) is 2.18. The molecule has 1 fully saturated rings. The van der Waals surface area contributed by atoms with Crippen LogP contribution in [0.15, 0.2) is 48.5 Å². The number of aromatic nitrogens is 1. The summed E-state index contributed by atoms with van der Waals surface area (Å²) >= 11 is 1.49. The number of esters is 1. The smallest absolute Gasteiger partial charge is 0.339 e. The zero-order valence-electron chi connectivity index (χ0n) is 15.7. The number of thiazole rings is 1. The predicted molar refractivity (Wildman–Crippen MR) is 110 cm³/mol. The number of nitrogens with zero attached hydrogens (tertiary/aromatic N) is 2. The summed E-state index contributed by atoms with van der Waals surface area (Å²) in [4.78, 5) is 31.8. The molecule has 7 heteroatoms. The molecule has 0 bridgehead atoms. The van der Waals surface area contributed by atoms with Crippen LogP contribution in [0.4, 0.5) is 5.13 Å². The van der Waals surface area contributed by atoms with E-state index in [1.807, 2.05) is 36.4 Å². The standard InChI is InChI=1S/C22H20N2O4S/c25-20(12-18-15-7-1-2-8-16(15)21(26)28-18)24(13-14-6-5-11-27-14)22-23-17-9-3-4-10-19(17)29-22/h1-4,7-10,14,18H,5-6,11-13H2/t14-,18-/m0/s1. The molecule has 2 aromatic carbocycles. The van der Waals surface area contributed by atoms with Gasteiger partial charge in [-0.05, 0) is 31.0 Å². The molecule has 0 aliphatic carbocycles. The number of rotatable bonds is 5. The van der Waals surface area contributed by atoms with Gasteiger partial charge in [0.1, 0.15) is 6.10 Å². The van der Waals surface area contributed by atoms with Crippen LogP contribution >= 0.6 is 11.3 Å². The van der Waals surface area contributed by atoms with Gasteiger partial charge >= 0.3 is 5.97 Å². The number of para-hydroxylation sites is 1. The first kappa shape index (κ1) is 18.3. The number of hydrogen-bond acceptors (Lipinski definition) is 6. The van der Waals surface area contributed by atoms with Gasteiger partial charge < -0.3 is 9.47 Å². The fourth-order valence-corrected chi connectivity index (χ4v) is 4.89. The van der Waals surface area contributed by atoms with Gasteiger partial charge in [-0.3, -0.25) is 9.69 Å². The Morgan fingerprint density at radius 3 is 2.83 bits per heavy atom. The maximum atomic E-state index is 13.3. The van der Waals surface area contributed by atoms with E-state index < -0.39 is 6.10 Å². The molecule has 2 atom stereocenters. The van der Waals surface area contributed by atoms with Gasteiger partial charge in [0.2, 0.25) is 5.91 Å². The number of fused-ring (bicyclic) bond motifs is 2. The highest BCUT2D eigenvalue weighted by molar-refractivity contribution is 7.22. The van der Waals surface area contributed by atoms with E-state index in [1.54, 1.807) is 17.0 Å². The van der Waals surface area contributed by atoms with Gasteiger partial charge in [0.15, 0.2) is 5.13 Å². The van der Waals surface area contributed by atoms with Crippen molar-refractivity contribution in [2.45, 2.75) is 31.5 Å². The van der Waals surface area contributed by atoms with Gasteiger partial charge in [0.25, 0.3) is 0 Å². The molecule has 6 nitrogen and oxygen atoms in total. The third kappa shape index (κ3) is 3.52. The van der Waals surface area contributed by atoms with Crippen LogP contribution in [-0.2, 0) is 14.3 Å². The van der Waals surface area contributed by atoms with Gasteiger partial charge in [0.05, 0.1) is 34.8 Å². The summed E-state index contributed by atoms with van der Waals surface area (Å²) in [5.74, 6) is -0.488. The Morgan fingerprint density at radius 2 is 2.00 bits per heavy atom. The molecule has 0 saturated carbocycles. The average molecular weight is 408 g/mol. The highest BCUT2D eigenvalue weighted by Gasteiger charge is 2.35.